The summed E-state index contributed by atoms with van der Waals surface area (Å²) in [6.45, 7) is 1.96. The molecule has 16 heavy (non-hydrogen) atoms. The average molecular weight is 218 g/mol. The molecule has 1 rings (SSSR count). The summed E-state index contributed by atoms with van der Waals surface area (Å²) in [5, 5.41) is 11.1. The maximum Gasteiger partial charge on any atom is 0.224 e. The average Bonchev–Trinajstić information content (AvgIpc) is 2.27. The number of carbonyl (C=O) groups is 1. The van der Waals surface area contributed by atoms with Gasteiger partial charge in [0.25, 0.3) is 0 Å². The largest absolute Gasteiger partial charge is 0.479 e. The number of carbonyl (C=O) groups excluding carboxylic acids is 1. The van der Waals surface area contributed by atoms with Crippen LogP contribution in [0.1, 0.15) is 19.8 Å². The molecule has 0 aromatic heterocycles. The fourth-order valence-corrected chi connectivity index (χ4v) is 1.23. The summed E-state index contributed by atoms with van der Waals surface area (Å²) in [4.78, 5) is 11.3. The van der Waals surface area contributed by atoms with Crippen LogP contribution in [0.2, 0.25) is 0 Å². The number of hydrogen-bond acceptors (Lipinski definition) is 3. The van der Waals surface area contributed by atoms with Gasteiger partial charge in [-0.05, 0) is 18.6 Å². The molecule has 84 valence electrons. The number of amides is 1. The molecule has 0 aliphatic carbocycles. The molecule has 0 radical (unpaired) electrons. The Hall–Kier alpha value is -2.02. The van der Waals surface area contributed by atoms with Crippen LogP contribution in [0.25, 0.3) is 0 Å². The van der Waals surface area contributed by atoms with Gasteiger partial charge in [-0.25, -0.2) is 0 Å². The molecule has 0 heterocycles. The van der Waals surface area contributed by atoms with Gasteiger partial charge < -0.3 is 10.1 Å². The number of rotatable bonds is 5. The topological polar surface area (TPSA) is 62.1 Å². The molecule has 4 nitrogen and oxygen atoms in total. The number of anilines is 1. The molecule has 0 aliphatic heterocycles. The van der Waals surface area contributed by atoms with Crippen LogP contribution >= 0.6 is 0 Å². The zero-order valence-electron chi connectivity index (χ0n) is 9.19. The van der Waals surface area contributed by atoms with Gasteiger partial charge in [0.2, 0.25) is 5.91 Å². The highest BCUT2D eigenvalue weighted by atomic mass is 16.5. The van der Waals surface area contributed by atoms with Crippen LogP contribution in [0.5, 0.6) is 5.75 Å². The lowest BCUT2D eigenvalue weighted by Crippen LogP contribution is -2.10. The highest BCUT2D eigenvalue weighted by molar-refractivity contribution is 5.90. The number of nitrogens with one attached hydrogen (secondary N) is 1. The number of nitrogens with zero attached hydrogens (tertiary/aromatic N) is 1. The van der Waals surface area contributed by atoms with Gasteiger partial charge in [-0.1, -0.05) is 13.0 Å². The van der Waals surface area contributed by atoms with Gasteiger partial charge in [0.1, 0.15) is 11.8 Å². The molecule has 0 saturated heterocycles. The zero-order valence-corrected chi connectivity index (χ0v) is 9.19. The molecule has 1 aromatic rings. The lowest BCUT2D eigenvalue weighted by atomic mass is 10.2. The first-order valence-electron chi connectivity index (χ1n) is 5.16. The second-order valence-electron chi connectivity index (χ2n) is 3.27. The molecule has 4 heteroatoms. The minimum atomic E-state index is -0.0140. The van der Waals surface area contributed by atoms with Gasteiger partial charge in [-0.2, -0.15) is 5.26 Å². The van der Waals surface area contributed by atoms with Crippen LogP contribution in [-0.2, 0) is 4.79 Å². The van der Waals surface area contributed by atoms with Crippen molar-refractivity contribution in [2.75, 3.05) is 11.9 Å². The van der Waals surface area contributed by atoms with Gasteiger partial charge >= 0.3 is 0 Å². The molecule has 0 fully saturated rings. The summed E-state index contributed by atoms with van der Waals surface area (Å²) in [5.74, 6) is 0.566. The van der Waals surface area contributed by atoms with Gasteiger partial charge in [-0.3, -0.25) is 4.79 Å². The second kappa shape index (κ2) is 6.46. The number of hydrogen-bond donors (Lipinski definition) is 1. The van der Waals surface area contributed by atoms with Crippen molar-refractivity contribution in [2.24, 2.45) is 0 Å². The Bertz CT molecular complexity index is 396. The fraction of sp³-hybridized carbons (Fsp3) is 0.333. The lowest BCUT2D eigenvalue weighted by Gasteiger charge is -2.06. The first kappa shape index (κ1) is 12.1. The smallest absolute Gasteiger partial charge is 0.224 e. The van der Waals surface area contributed by atoms with E-state index in [9.17, 15) is 4.79 Å². The highest BCUT2D eigenvalue weighted by Crippen LogP contribution is 2.17. The van der Waals surface area contributed by atoms with E-state index in [4.69, 9.17) is 10.00 Å². The Labute approximate surface area is 94.8 Å². The summed E-state index contributed by atoms with van der Waals surface area (Å²) in [6, 6.07) is 8.89. The Balaban J connectivity index is 2.60. The van der Waals surface area contributed by atoms with E-state index in [0.717, 1.165) is 6.42 Å². The van der Waals surface area contributed by atoms with E-state index < -0.39 is 0 Å². The van der Waals surface area contributed by atoms with E-state index >= 15 is 0 Å². The maximum atomic E-state index is 11.3. The van der Waals surface area contributed by atoms with Crippen molar-refractivity contribution in [1.82, 2.24) is 0 Å². The second-order valence-corrected chi connectivity index (χ2v) is 3.27. The van der Waals surface area contributed by atoms with Crippen molar-refractivity contribution in [1.29, 1.82) is 5.26 Å². The van der Waals surface area contributed by atoms with Crippen LogP contribution in [-0.4, -0.2) is 12.5 Å². The Morgan fingerprint density at radius 1 is 1.56 bits per heavy atom. The van der Waals surface area contributed by atoms with Crippen molar-refractivity contribution in [2.45, 2.75) is 19.8 Å². The highest BCUT2D eigenvalue weighted by Gasteiger charge is 2.01. The van der Waals surface area contributed by atoms with E-state index in [1.807, 2.05) is 13.0 Å². The van der Waals surface area contributed by atoms with Crippen molar-refractivity contribution in [3.05, 3.63) is 24.3 Å². The summed E-state index contributed by atoms with van der Waals surface area (Å²) in [7, 11) is 0. The molecule has 0 spiro atoms. The van der Waals surface area contributed by atoms with Crippen LogP contribution in [0, 0.1) is 11.3 Å². The Kier molecular flexibility index (Phi) is 4.87. The van der Waals surface area contributed by atoms with Gasteiger partial charge in [-0.15, -0.1) is 0 Å². The third-order valence-corrected chi connectivity index (χ3v) is 1.90. The molecular weight excluding hydrogens is 204 g/mol. The zero-order chi connectivity index (χ0) is 11.8. The molecule has 0 saturated carbocycles. The molecule has 0 bridgehead atoms. The molecular formula is C12H14N2O2. The van der Waals surface area contributed by atoms with Gasteiger partial charge in [0.05, 0.1) is 0 Å². The van der Waals surface area contributed by atoms with Crippen molar-refractivity contribution < 1.29 is 9.53 Å². The first-order chi connectivity index (χ1) is 7.76. The summed E-state index contributed by atoms with van der Waals surface area (Å²) < 4.78 is 5.12. The van der Waals surface area contributed by atoms with Gasteiger partial charge in [0.15, 0.2) is 6.61 Å². The third-order valence-electron chi connectivity index (χ3n) is 1.90. The van der Waals surface area contributed by atoms with E-state index in [2.05, 4.69) is 5.32 Å². The van der Waals surface area contributed by atoms with E-state index in [1.165, 1.54) is 0 Å². The summed E-state index contributed by atoms with van der Waals surface area (Å²) >= 11 is 0. The number of nitriles is 1. The molecule has 0 atom stereocenters. The fourth-order valence-electron chi connectivity index (χ4n) is 1.23. The van der Waals surface area contributed by atoms with Crippen LogP contribution in [0.4, 0.5) is 5.69 Å². The SMILES string of the molecule is CCCC(=O)Nc1cccc(OCC#N)c1. The van der Waals surface area contributed by atoms with E-state index in [1.54, 1.807) is 24.3 Å². The summed E-state index contributed by atoms with van der Waals surface area (Å²) in [5.41, 5.74) is 0.689. The number of ether oxygens (including phenoxy) is 1. The van der Waals surface area contributed by atoms with E-state index in [0.29, 0.717) is 17.9 Å². The molecule has 1 amide bonds. The Morgan fingerprint density at radius 3 is 3.06 bits per heavy atom. The predicted molar refractivity (Wildman–Crippen MR) is 61.1 cm³/mol. The van der Waals surface area contributed by atoms with Crippen molar-refractivity contribution in [3.8, 4) is 11.8 Å². The first-order valence-corrected chi connectivity index (χ1v) is 5.16. The molecule has 0 aliphatic rings. The molecule has 0 unspecified atom stereocenters. The van der Waals surface area contributed by atoms with E-state index in [-0.39, 0.29) is 12.5 Å². The van der Waals surface area contributed by atoms with Crippen molar-refractivity contribution in [3.63, 3.8) is 0 Å². The lowest BCUT2D eigenvalue weighted by molar-refractivity contribution is -0.116. The van der Waals surface area contributed by atoms with Gasteiger partial charge in [0, 0.05) is 18.2 Å². The standard InChI is InChI=1S/C12H14N2O2/c1-2-4-12(15)14-10-5-3-6-11(9-10)16-8-7-13/h3,5-6,9H,2,4,8H2,1H3,(H,14,15). The maximum absolute atomic E-state index is 11.3. The number of benzene rings is 1. The quantitative estimate of drug-likeness (QED) is 0.825. The Morgan fingerprint density at radius 2 is 2.38 bits per heavy atom. The predicted octanol–water partition coefficient (Wildman–Crippen LogP) is 2.33. The monoisotopic (exact) mass is 218 g/mol. The normalized spacial score (nSPS) is 9.25. The molecule has 1 aromatic carbocycles. The van der Waals surface area contributed by atoms with Crippen LogP contribution in [0.15, 0.2) is 24.3 Å². The van der Waals surface area contributed by atoms with Crippen LogP contribution < -0.4 is 10.1 Å². The minimum absolute atomic E-state index is 0.00631. The summed E-state index contributed by atoms with van der Waals surface area (Å²) in [6.07, 6.45) is 1.32. The van der Waals surface area contributed by atoms with Crippen molar-refractivity contribution >= 4 is 11.6 Å². The minimum Gasteiger partial charge on any atom is -0.479 e. The van der Waals surface area contributed by atoms with Crippen LogP contribution in [0.3, 0.4) is 0 Å². The molecule has 1 N–H and O–H groups in total. The third kappa shape index (κ3) is 4.01.